The summed E-state index contributed by atoms with van der Waals surface area (Å²) in [6.07, 6.45) is -13.5. The van der Waals surface area contributed by atoms with E-state index in [0.717, 1.165) is 18.2 Å². The van der Waals surface area contributed by atoms with Gasteiger partial charge < -0.3 is 10.4 Å². The van der Waals surface area contributed by atoms with E-state index < -0.39 is 54.6 Å². The van der Waals surface area contributed by atoms with E-state index in [9.17, 15) is 35.9 Å². The minimum atomic E-state index is -4.73. The number of halogens is 6. The van der Waals surface area contributed by atoms with Crippen LogP contribution in [0.4, 0.5) is 32.0 Å². The van der Waals surface area contributed by atoms with Gasteiger partial charge in [0.25, 0.3) is 0 Å². The van der Waals surface area contributed by atoms with E-state index in [-0.39, 0.29) is 5.69 Å². The maximum absolute atomic E-state index is 12.5. The molecule has 0 heterocycles. The summed E-state index contributed by atoms with van der Waals surface area (Å²) in [6.45, 7) is 0. The predicted octanol–water partition coefficient (Wildman–Crippen LogP) is 3.31. The molecule has 0 radical (unpaired) electrons. The number of carboxylic acid groups (broad SMARTS) is 1. The van der Waals surface area contributed by atoms with Gasteiger partial charge in [-0.15, -0.1) is 0 Å². The molecule has 0 atom stereocenters. The molecule has 0 saturated heterocycles. The molecule has 1 rings (SSSR count). The van der Waals surface area contributed by atoms with E-state index in [2.05, 4.69) is 0 Å². The number of benzene rings is 1. The van der Waals surface area contributed by atoms with Crippen molar-refractivity contribution in [2.75, 3.05) is 5.32 Å². The lowest BCUT2D eigenvalue weighted by atomic mass is 10.0. The fourth-order valence-corrected chi connectivity index (χ4v) is 1.82. The Hall–Kier alpha value is -2.26. The lowest BCUT2D eigenvalue weighted by Gasteiger charge is -2.15. The van der Waals surface area contributed by atoms with Crippen molar-refractivity contribution in [3.63, 3.8) is 0 Å². The van der Waals surface area contributed by atoms with Crippen LogP contribution in [0, 0.1) is 0 Å². The molecular weight excluding hydrogens is 332 g/mol. The molecule has 0 aliphatic heterocycles. The number of aliphatic carboxylic acids is 1. The van der Waals surface area contributed by atoms with Gasteiger partial charge in [-0.2, -0.15) is 26.3 Å². The molecule has 0 aliphatic carbocycles. The van der Waals surface area contributed by atoms with Crippen LogP contribution < -0.4 is 5.32 Å². The van der Waals surface area contributed by atoms with Gasteiger partial charge in [0, 0.05) is 5.69 Å². The van der Waals surface area contributed by atoms with Gasteiger partial charge >= 0.3 is 18.3 Å². The van der Waals surface area contributed by atoms with Crippen molar-refractivity contribution in [1.29, 1.82) is 0 Å². The second-order valence-corrected chi connectivity index (χ2v) is 4.69. The molecule has 1 amide bonds. The maximum atomic E-state index is 12.5. The molecule has 23 heavy (non-hydrogen) atoms. The van der Waals surface area contributed by atoms with Gasteiger partial charge in [-0.1, -0.05) is 6.07 Å². The zero-order chi connectivity index (χ0) is 17.8. The summed E-state index contributed by atoms with van der Waals surface area (Å²) in [5.41, 5.74) is -1.41. The van der Waals surface area contributed by atoms with Crippen LogP contribution in [0.25, 0.3) is 0 Å². The zero-order valence-electron chi connectivity index (χ0n) is 11.4. The number of alkyl halides is 6. The van der Waals surface area contributed by atoms with Crippen LogP contribution in [0.1, 0.15) is 17.5 Å². The number of rotatable bonds is 5. The van der Waals surface area contributed by atoms with Gasteiger partial charge in [0.2, 0.25) is 5.91 Å². The Morgan fingerprint density at radius 3 is 1.96 bits per heavy atom. The molecule has 0 saturated carbocycles. The van der Waals surface area contributed by atoms with E-state index in [0.29, 0.717) is 0 Å². The third-order valence-electron chi connectivity index (χ3n) is 2.58. The van der Waals surface area contributed by atoms with Gasteiger partial charge in [0.05, 0.1) is 12.8 Å². The molecule has 0 aliphatic rings. The Balaban J connectivity index is 3.06. The fourth-order valence-electron chi connectivity index (χ4n) is 1.82. The standard InChI is InChI=1S/C13H11F6NO3/c14-12(15,16)5-7-1-2-9(20-10(21)4-11(22)23)3-8(7)6-13(17,18)19/h1-3H,4-6H2,(H,20,21)(H,22,23). The first-order valence-corrected chi connectivity index (χ1v) is 6.13. The molecule has 0 spiro atoms. The largest absolute Gasteiger partial charge is 0.481 e. The van der Waals surface area contributed by atoms with Crippen LogP contribution in [0.15, 0.2) is 18.2 Å². The van der Waals surface area contributed by atoms with Crippen LogP contribution in [0.3, 0.4) is 0 Å². The quantitative estimate of drug-likeness (QED) is 0.637. The Morgan fingerprint density at radius 2 is 1.48 bits per heavy atom. The van der Waals surface area contributed by atoms with Gasteiger partial charge in [-0.05, 0) is 23.3 Å². The second kappa shape index (κ2) is 6.88. The lowest BCUT2D eigenvalue weighted by molar-refractivity contribution is -0.139. The van der Waals surface area contributed by atoms with Crippen LogP contribution in [-0.2, 0) is 22.4 Å². The third-order valence-corrected chi connectivity index (χ3v) is 2.58. The van der Waals surface area contributed by atoms with Crippen molar-refractivity contribution in [3.8, 4) is 0 Å². The molecule has 0 unspecified atom stereocenters. The van der Waals surface area contributed by atoms with Crippen molar-refractivity contribution in [2.24, 2.45) is 0 Å². The van der Waals surface area contributed by atoms with Crippen molar-refractivity contribution in [2.45, 2.75) is 31.6 Å². The van der Waals surface area contributed by atoms with E-state index in [4.69, 9.17) is 5.11 Å². The molecular formula is C13H11F6NO3. The highest BCUT2D eigenvalue weighted by atomic mass is 19.4. The average Bonchev–Trinajstić information content (AvgIpc) is 2.27. The Morgan fingerprint density at radius 1 is 0.957 bits per heavy atom. The Kier molecular flexibility index (Phi) is 5.62. The molecule has 10 heteroatoms. The third kappa shape index (κ3) is 7.52. The first kappa shape index (κ1) is 18.8. The molecule has 4 nitrogen and oxygen atoms in total. The smallest absolute Gasteiger partial charge is 0.393 e. The summed E-state index contributed by atoms with van der Waals surface area (Å²) in [4.78, 5) is 21.6. The topological polar surface area (TPSA) is 66.4 Å². The molecule has 0 aromatic heterocycles. The van der Waals surface area contributed by atoms with Crippen LogP contribution in [0.2, 0.25) is 0 Å². The normalized spacial score (nSPS) is 12.1. The van der Waals surface area contributed by atoms with Crippen LogP contribution >= 0.6 is 0 Å². The van der Waals surface area contributed by atoms with E-state index in [1.807, 2.05) is 5.32 Å². The highest BCUT2D eigenvalue weighted by Crippen LogP contribution is 2.30. The molecule has 1 aromatic rings. The number of hydrogen-bond donors (Lipinski definition) is 2. The Labute approximate surface area is 126 Å². The molecule has 0 bridgehead atoms. The Bertz CT molecular complexity index is 594. The van der Waals surface area contributed by atoms with E-state index in [1.165, 1.54) is 0 Å². The summed E-state index contributed by atoms with van der Waals surface area (Å²) in [5, 5.41) is 10.4. The van der Waals surface area contributed by atoms with Gasteiger partial charge in [0.1, 0.15) is 6.42 Å². The number of carbonyl (C=O) groups excluding carboxylic acids is 1. The summed E-state index contributed by atoms with van der Waals surface area (Å²) in [7, 11) is 0. The van der Waals surface area contributed by atoms with Crippen molar-refractivity contribution in [3.05, 3.63) is 29.3 Å². The summed E-state index contributed by atoms with van der Waals surface area (Å²) in [5.74, 6) is -2.45. The first-order chi connectivity index (χ1) is 10.4. The van der Waals surface area contributed by atoms with E-state index >= 15 is 0 Å². The molecule has 0 fully saturated rings. The molecule has 2 N–H and O–H groups in total. The van der Waals surface area contributed by atoms with Gasteiger partial charge in [0.15, 0.2) is 0 Å². The summed E-state index contributed by atoms with van der Waals surface area (Å²) >= 11 is 0. The number of nitrogens with one attached hydrogen (secondary N) is 1. The van der Waals surface area contributed by atoms with Crippen molar-refractivity contribution in [1.82, 2.24) is 0 Å². The average molecular weight is 343 g/mol. The maximum Gasteiger partial charge on any atom is 0.393 e. The van der Waals surface area contributed by atoms with E-state index in [1.54, 1.807) is 0 Å². The van der Waals surface area contributed by atoms with Crippen molar-refractivity contribution < 1.29 is 41.0 Å². The predicted molar refractivity (Wildman–Crippen MR) is 66.8 cm³/mol. The lowest BCUT2D eigenvalue weighted by Crippen LogP contribution is -2.19. The number of hydrogen-bond acceptors (Lipinski definition) is 2. The first-order valence-electron chi connectivity index (χ1n) is 6.13. The molecule has 128 valence electrons. The van der Waals surface area contributed by atoms with Gasteiger partial charge in [-0.3, -0.25) is 9.59 Å². The number of carboxylic acids is 1. The SMILES string of the molecule is O=C(O)CC(=O)Nc1ccc(CC(F)(F)F)c(CC(F)(F)F)c1. The number of amides is 1. The molecule has 1 aromatic carbocycles. The van der Waals surface area contributed by atoms with Crippen molar-refractivity contribution >= 4 is 17.6 Å². The summed E-state index contributed by atoms with van der Waals surface area (Å²) in [6, 6.07) is 2.57. The summed E-state index contributed by atoms with van der Waals surface area (Å²) < 4.78 is 74.6. The minimum Gasteiger partial charge on any atom is -0.481 e. The highest BCUT2D eigenvalue weighted by Gasteiger charge is 2.33. The monoisotopic (exact) mass is 343 g/mol. The zero-order valence-corrected chi connectivity index (χ0v) is 11.4. The van der Waals surface area contributed by atoms with Crippen LogP contribution in [0.5, 0.6) is 0 Å². The fraction of sp³-hybridized carbons (Fsp3) is 0.385. The van der Waals surface area contributed by atoms with Gasteiger partial charge in [-0.25, -0.2) is 0 Å². The highest BCUT2D eigenvalue weighted by molar-refractivity contribution is 6.01. The second-order valence-electron chi connectivity index (χ2n) is 4.69. The van der Waals surface area contributed by atoms with Crippen LogP contribution in [-0.4, -0.2) is 29.3 Å². The number of carbonyl (C=O) groups is 2. The minimum absolute atomic E-state index is 0.207. The number of anilines is 1.